The SMILES string of the molecule is Cc1cc(-c2c(-c3ccc4c(c3)oc3ccccc34)c3ccccc3n2-c2ccccc2)cc(-c2cccc(-c3cc(-c4cc(C(C)(C)C)cc(C(C)(C)C)c4)cc(-c4ccccc4O)n3)c2)n1. The summed E-state index contributed by atoms with van der Waals surface area (Å²) in [6.07, 6.45) is 0. The lowest BCUT2D eigenvalue weighted by Gasteiger charge is -2.26. The molecule has 4 aromatic heterocycles. The molecule has 1 N–H and O–H groups in total. The van der Waals surface area contributed by atoms with Gasteiger partial charge in [-0.25, -0.2) is 4.98 Å². The Balaban J connectivity index is 1.10. The predicted octanol–water partition coefficient (Wildman–Crippen LogP) is 16.9. The molecule has 5 heteroatoms. The maximum atomic E-state index is 11.2. The first-order valence-corrected chi connectivity index (χ1v) is 23.4. The summed E-state index contributed by atoms with van der Waals surface area (Å²) in [4.78, 5) is 10.5. The van der Waals surface area contributed by atoms with E-state index in [4.69, 9.17) is 14.4 Å². The Kier molecular flexibility index (Phi) is 10.3. The second kappa shape index (κ2) is 16.4. The van der Waals surface area contributed by atoms with Gasteiger partial charge in [-0.3, -0.25) is 4.98 Å². The minimum absolute atomic E-state index is 0.0568. The molecule has 0 aliphatic heterocycles. The van der Waals surface area contributed by atoms with Crippen molar-refractivity contribution in [3.8, 4) is 78.7 Å². The number of para-hydroxylation sites is 4. The van der Waals surface area contributed by atoms with Gasteiger partial charge in [0.25, 0.3) is 0 Å². The maximum absolute atomic E-state index is 11.2. The molecule has 7 aromatic carbocycles. The molecule has 0 spiro atoms. The molecule has 0 aliphatic carbocycles. The van der Waals surface area contributed by atoms with E-state index in [0.717, 1.165) is 100 Å². The number of aromatic nitrogens is 3. The van der Waals surface area contributed by atoms with E-state index >= 15 is 0 Å². The first-order valence-electron chi connectivity index (χ1n) is 23.4. The van der Waals surface area contributed by atoms with Crippen molar-refractivity contribution in [1.82, 2.24) is 14.5 Å². The first-order chi connectivity index (χ1) is 32.8. The van der Waals surface area contributed by atoms with Crippen molar-refractivity contribution in [2.45, 2.75) is 59.3 Å². The van der Waals surface area contributed by atoms with Crippen molar-refractivity contribution < 1.29 is 9.52 Å². The van der Waals surface area contributed by atoms with Crippen molar-refractivity contribution in [2.75, 3.05) is 0 Å². The molecule has 0 atom stereocenters. The number of benzene rings is 7. The summed E-state index contributed by atoms with van der Waals surface area (Å²) in [5, 5.41) is 14.5. The Labute approximate surface area is 398 Å². The summed E-state index contributed by atoms with van der Waals surface area (Å²) in [6, 6.07) is 65.9. The van der Waals surface area contributed by atoms with E-state index in [2.05, 4.69) is 205 Å². The second-order valence-corrected chi connectivity index (χ2v) is 20.1. The average Bonchev–Trinajstić information content (AvgIpc) is 3.89. The number of nitrogens with zero attached hydrogens (tertiary/aromatic N) is 3. The average molecular weight is 884 g/mol. The fourth-order valence-electron chi connectivity index (χ4n) is 9.66. The van der Waals surface area contributed by atoms with Crippen LogP contribution in [0.25, 0.3) is 106 Å². The van der Waals surface area contributed by atoms with Crippen LogP contribution in [0.3, 0.4) is 0 Å². The van der Waals surface area contributed by atoms with Gasteiger partial charge in [0.15, 0.2) is 0 Å². The summed E-state index contributed by atoms with van der Waals surface area (Å²) < 4.78 is 8.87. The number of phenols is 1. The van der Waals surface area contributed by atoms with Crippen LogP contribution in [0.1, 0.15) is 58.4 Å². The Hall–Kier alpha value is -8.02. The Bertz CT molecular complexity index is 3700. The molecule has 0 unspecified atom stereocenters. The first kappa shape index (κ1) is 42.6. The van der Waals surface area contributed by atoms with Crippen LogP contribution in [0.15, 0.2) is 192 Å². The van der Waals surface area contributed by atoms with Crippen molar-refractivity contribution in [2.24, 2.45) is 0 Å². The molecule has 0 amide bonds. The van der Waals surface area contributed by atoms with Crippen LogP contribution >= 0.6 is 0 Å². The van der Waals surface area contributed by atoms with Gasteiger partial charge < -0.3 is 14.1 Å². The summed E-state index contributed by atoms with van der Waals surface area (Å²) in [7, 11) is 0. The molecule has 332 valence electrons. The molecule has 5 nitrogen and oxygen atoms in total. The fourth-order valence-corrected chi connectivity index (χ4v) is 9.66. The highest BCUT2D eigenvalue weighted by atomic mass is 16.3. The van der Waals surface area contributed by atoms with E-state index in [1.54, 1.807) is 6.07 Å². The topological polar surface area (TPSA) is 64.1 Å². The van der Waals surface area contributed by atoms with Crippen molar-refractivity contribution in [1.29, 1.82) is 0 Å². The summed E-state index contributed by atoms with van der Waals surface area (Å²) in [6.45, 7) is 15.7. The standard InChI is InChI=1S/C63H53N3O2/c1-39-30-45(61-60(42-28-29-50-49-22-13-16-27-58(49)68-59(50)37-42)52-24-11-14-25-56(52)66(61)48-20-9-8-10-21-48)36-53(64-39)40-18-17-19-41(31-40)54-34-44(35-55(65-54)51-23-12-15-26-57(51)67)43-32-46(62(2,3)4)38-47(33-43)63(5,6)7/h8-38,67H,1-7H3. The molecule has 0 saturated heterocycles. The van der Waals surface area contributed by atoms with Gasteiger partial charge in [0, 0.05) is 55.4 Å². The Morgan fingerprint density at radius 2 is 1.04 bits per heavy atom. The normalized spacial score (nSPS) is 12.1. The molecule has 4 heterocycles. The molecule has 0 aliphatic rings. The summed E-state index contributed by atoms with van der Waals surface area (Å²) in [5.74, 6) is 0.192. The molecule has 11 aromatic rings. The number of fused-ring (bicyclic) bond motifs is 4. The lowest BCUT2D eigenvalue weighted by Crippen LogP contribution is -2.16. The van der Waals surface area contributed by atoms with Gasteiger partial charge in [-0.1, -0.05) is 151 Å². The Morgan fingerprint density at radius 1 is 0.441 bits per heavy atom. The third-order valence-corrected chi connectivity index (χ3v) is 13.2. The monoisotopic (exact) mass is 883 g/mol. The minimum atomic E-state index is -0.0568. The molecule has 0 bridgehead atoms. The number of pyridine rings is 2. The highest BCUT2D eigenvalue weighted by Crippen LogP contribution is 2.46. The lowest BCUT2D eigenvalue weighted by molar-refractivity contribution is 0.477. The zero-order valence-corrected chi connectivity index (χ0v) is 39.6. The third-order valence-electron chi connectivity index (χ3n) is 13.2. The molecule has 0 fully saturated rings. The number of aryl methyl sites for hydroxylation is 1. The smallest absolute Gasteiger partial charge is 0.136 e. The van der Waals surface area contributed by atoms with Crippen molar-refractivity contribution in [3.05, 3.63) is 205 Å². The number of aromatic hydroxyl groups is 1. The zero-order chi connectivity index (χ0) is 46.9. The van der Waals surface area contributed by atoms with Gasteiger partial charge >= 0.3 is 0 Å². The van der Waals surface area contributed by atoms with Crippen LogP contribution in [0, 0.1) is 6.92 Å². The van der Waals surface area contributed by atoms with E-state index in [1.165, 1.54) is 11.1 Å². The Morgan fingerprint density at radius 3 is 1.78 bits per heavy atom. The summed E-state index contributed by atoms with van der Waals surface area (Å²) in [5.41, 5.74) is 18.7. The van der Waals surface area contributed by atoms with Crippen LogP contribution in [0.5, 0.6) is 5.75 Å². The largest absolute Gasteiger partial charge is 0.507 e. The van der Waals surface area contributed by atoms with Gasteiger partial charge in [-0.2, -0.15) is 0 Å². The lowest BCUT2D eigenvalue weighted by atomic mass is 9.79. The molecular formula is C63H53N3O2. The number of hydrogen-bond acceptors (Lipinski definition) is 4. The van der Waals surface area contributed by atoms with Crippen LogP contribution in [0.4, 0.5) is 0 Å². The van der Waals surface area contributed by atoms with Crippen LogP contribution < -0.4 is 0 Å². The highest BCUT2D eigenvalue weighted by molar-refractivity contribution is 6.10. The van der Waals surface area contributed by atoms with Crippen LogP contribution in [0.2, 0.25) is 0 Å². The highest BCUT2D eigenvalue weighted by Gasteiger charge is 2.25. The quantitative estimate of drug-likeness (QED) is 0.173. The fraction of sp³-hybridized carbons (Fsp3) is 0.143. The number of rotatable bonds is 7. The zero-order valence-electron chi connectivity index (χ0n) is 39.6. The number of phenolic OH excluding ortho intramolecular Hbond substituents is 1. The minimum Gasteiger partial charge on any atom is -0.507 e. The van der Waals surface area contributed by atoms with E-state index in [0.29, 0.717) is 11.3 Å². The number of hydrogen-bond donors (Lipinski definition) is 1. The summed E-state index contributed by atoms with van der Waals surface area (Å²) >= 11 is 0. The maximum Gasteiger partial charge on any atom is 0.136 e. The van der Waals surface area contributed by atoms with Gasteiger partial charge in [0.05, 0.1) is 28.3 Å². The van der Waals surface area contributed by atoms with Gasteiger partial charge in [-0.05, 0) is 124 Å². The van der Waals surface area contributed by atoms with Crippen LogP contribution in [-0.2, 0) is 10.8 Å². The van der Waals surface area contributed by atoms with Crippen molar-refractivity contribution in [3.63, 3.8) is 0 Å². The molecule has 68 heavy (non-hydrogen) atoms. The van der Waals surface area contributed by atoms with Gasteiger partial charge in [0.1, 0.15) is 16.9 Å². The second-order valence-electron chi connectivity index (χ2n) is 20.1. The molecule has 0 saturated carbocycles. The molecular weight excluding hydrogens is 831 g/mol. The van der Waals surface area contributed by atoms with E-state index in [-0.39, 0.29) is 16.6 Å². The van der Waals surface area contributed by atoms with Gasteiger partial charge in [-0.15, -0.1) is 0 Å². The molecule has 0 radical (unpaired) electrons. The van der Waals surface area contributed by atoms with Crippen LogP contribution in [-0.4, -0.2) is 19.6 Å². The molecule has 11 rings (SSSR count). The third kappa shape index (κ3) is 7.74. The van der Waals surface area contributed by atoms with Crippen molar-refractivity contribution >= 4 is 32.8 Å². The van der Waals surface area contributed by atoms with E-state index in [1.807, 2.05) is 30.3 Å². The number of furan rings is 1. The van der Waals surface area contributed by atoms with E-state index in [9.17, 15) is 5.11 Å². The van der Waals surface area contributed by atoms with E-state index < -0.39 is 0 Å². The predicted molar refractivity (Wildman–Crippen MR) is 283 cm³/mol. The van der Waals surface area contributed by atoms with Gasteiger partial charge in [0.2, 0.25) is 0 Å².